The fraction of sp³-hybridized carbons (Fsp3) is 0.304. The number of hydrogen-bond acceptors (Lipinski definition) is 5. The van der Waals surface area contributed by atoms with Crippen molar-refractivity contribution in [2.45, 2.75) is 32.0 Å². The van der Waals surface area contributed by atoms with Gasteiger partial charge < -0.3 is 15.7 Å². The highest BCUT2D eigenvalue weighted by Crippen LogP contribution is 2.23. The zero-order valence-corrected chi connectivity index (χ0v) is 17.6. The van der Waals surface area contributed by atoms with E-state index >= 15 is 0 Å². The van der Waals surface area contributed by atoms with Crippen molar-refractivity contribution in [3.05, 3.63) is 71.2 Å². The number of thiazole rings is 1. The number of anilines is 1. The third-order valence-electron chi connectivity index (χ3n) is 5.46. The lowest BCUT2D eigenvalue weighted by Crippen LogP contribution is -2.32. The normalized spacial score (nSPS) is 16.5. The summed E-state index contributed by atoms with van der Waals surface area (Å²) in [5.74, 6) is 0. The van der Waals surface area contributed by atoms with Crippen molar-refractivity contribution < 1.29 is 9.90 Å². The van der Waals surface area contributed by atoms with E-state index in [1.54, 1.807) is 17.5 Å². The van der Waals surface area contributed by atoms with Gasteiger partial charge in [-0.05, 0) is 54.8 Å². The summed E-state index contributed by atoms with van der Waals surface area (Å²) in [7, 11) is 0. The van der Waals surface area contributed by atoms with Crippen LogP contribution >= 0.6 is 11.3 Å². The number of rotatable bonds is 7. The van der Waals surface area contributed by atoms with Gasteiger partial charge in [-0.25, -0.2) is 9.78 Å². The average Bonchev–Trinajstić information content (AvgIpc) is 3.46. The second-order valence-corrected chi connectivity index (χ2v) is 8.33. The molecule has 6 nitrogen and oxygen atoms in total. The van der Waals surface area contributed by atoms with E-state index in [2.05, 4.69) is 26.6 Å². The minimum atomic E-state index is -0.235. The Kier molecular flexibility index (Phi) is 6.74. The maximum atomic E-state index is 12.4. The lowest BCUT2D eigenvalue weighted by atomic mass is 10.1. The van der Waals surface area contributed by atoms with Crippen LogP contribution in [-0.2, 0) is 13.1 Å². The number of benzene rings is 2. The molecule has 1 aliphatic rings. The van der Waals surface area contributed by atoms with E-state index in [9.17, 15) is 9.90 Å². The van der Waals surface area contributed by atoms with Crippen molar-refractivity contribution in [2.75, 3.05) is 18.5 Å². The average molecular weight is 423 g/mol. The molecular weight excluding hydrogens is 396 g/mol. The van der Waals surface area contributed by atoms with Gasteiger partial charge in [0.05, 0.1) is 6.61 Å². The van der Waals surface area contributed by atoms with Crippen LogP contribution in [0, 0.1) is 0 Å². The summed E-state index contributed by atoms with van der Waals surface area (Å²) < 4.78 is 0. The van der Waals surface area contributed by atoms with Crippen LogP contribution in [-0.4, -0.2) is 40.2 Å². The van der Waals surface area contributed by atoms with E-state index in [1.165, 1.54) is 5.56 Å². The van der Waals surface area contributed by atoms with E-state index in [1.807, 2.05) is 47.8 Å². The molecule has 1 aromatic heterocycles. The predicted octanol–water partition coefficient (Wildman–Crippen LogP) is 4.09. The summed E-state index contributed by atoms with van der Waals surface area (Å²) in [6.45, 7) is 2.45. The summed E-state index contributed by atoms with van der Waals surface area (Å²) in [4.78, 5) is 19.0. The number of aliphatic hydroxyl groups is 1. The van der Waals surface area contributed by atoms with Gasteiger partial charge in [-0.3, -0.25) is 4.90 Å². The number of carbonyl (C=O) groups is 1. The summed E-state index contributed by atoms with van der Waals surface area (Å²) in [6, 6.07) is 15.8. The number of nitrogens with zero attached hydrogens (tertiary/aromatic N) is 2. The van der Waals surface area contributed by atoms with Crippen LogP contribution in [0.25, 0.3) is 10.6 Å². The molecule has 0 aliphatic carbocycles. The first-order valence-corrected chi connectivity index (χ1v) is 11.1. The molecule has 3 aromatic rings. The minimum Gasteiger partial charge on any atom is -0.395 e. The number of aromatic nitrogens is 1. The Morgan fingerprint density at radius 3 is 2.70 bits per heavy atom. The number of likely N-dealkylation sites (tertiary alicyclic amines) is 1. The molecular formula is C23H26N4O2S. The van der Waals surface area contributed by atoms with Crippen molar-refractivity contribution in [3.63, 3.8) is 0 Å². The second kappa shape index (κ2) is 9.84. The summed E-state index contributed by atoms with van der Waals surface area (Å²) in [5.41, 5.74) is 4.05. The van der Waals surface area contributed by atoms with Gasteiger partial charge in [0.15, 0.2) is 0 Å². The van der Waals surface area contributed by atoms with Crippen LogP contribution in [0.1, 0.15) is 24.0 Å². The summed E-state index contributed by atoms with van der Waals surface area (Å²) in [5, 5.41) is 18.3. The molecule has 1 saturated heterocycles. The van der Waals surface area contributed by atoms with Crippen LogP contribution in [0.15, 0.2) is 60.1 Å². The van der Waals surface area contributed by atoms with Gasteiger partial charge >= 0.3 is 6.03 Å². The third kappa shape index (κ3) is 5.05. The molecule has 2 aromatic carbocycles. The van der Waals surface area contributed by atoms with Crippen molar-refractivity contribution in [1.29, 1.82) is 0 Å². The molecule has 7 heteroatoms. The number of carbonyl (C=O) groups excluding carboxylic acids is 1. The lowest BCUT2D eigenvalue weighted by molar-refractivity contribution is 0.153. The SMILES string of the molecule is O=C(NCc1ccccc1CN1CCC[C@@H]1CO)Nc1ccc(-c2nccs2)cc1. The molecule has 2 amide bonds. The molecule has 1 fully saturated rings. The number of hydrogen-bond donors (Lipinski definition) is 3. The monoisotopic (exact) mass is 422 g/mol. The standard InChI is InChI=1S/C23H26N4O2S/c28-16-21-6-3-12-27(21)15-19-5-2-1-4-18(19)14-25-23(29)26-20-9-7-17(8-10-20)22-24-11-13-30-22/h1-2,4-5,7-11,13,21,28H,3,6,12,14-16H2,(H2,25,26,29)/t21-/m1/s1. The first kappa shape index (κ1) is 20.5. The predicted molar refractivity (Wildman–Crippen MR) is 120 cm³/mol. The van der Waals surface area contributed by atoms with E-state index in [4.69, 9.17) is 0 Å². The van der Waals surface area contributed by atoms with Crippen LogP contribution in [0.4, 0.5) is 10.5 Å². The maximum absolute atomic E-state index is 12.4. The number of amides is 2. The number of aliphatic hydroxyl groups excluding tert-OH is 1. The molecule has 0 bridgehead atoms. The van der Waals surface area contributed by atoms with Crippen LogP contribution in [0.3, 0.4) is 0 Å². The van der Waals surface area contributed by atoms with Crippen molar-refractivity contribution in [3.8, 4) is 10.6 Å². The van der Waals surface area contributed by atoms with Gasteiger partial charge in [0.2, 0.25) is 0 Å². The van der Waals surface area contributed by atoms with Crippen molar-refractivity contribution in [1.82, 2.24) is 15.2 Å². The Hall–Kier alpha value is -2.74. The van der Waals surface area contributed by atoms with E-state index in [-0.39, 0.29) is 18.7 Å². The van der Waals surface area contributed by atoms with Gasteiger partial charge in [-0.2, -0.15) is 0 Å². The Labute approximate surface area is 180 Å². The summed E-state index contributed by atoms with van der Waals surface area (Å²) in [6.07, 6.45) is 3.95. The Morgan fingerprint density at radius 2 is 1.97 bits per heavy atom. The summed E-state index contributed by atoms with van der Waals surface area (Å²) >= 11 is 1.59. The molecule has 3 N–H and O–H groups in total. The van der Waals surface area contributed by atoms with Gasteiger partial charge in [0, 0.05) is 42.0 Å². The topological polar surface area (TPSA) is 77.5 Å². The maximum Gasteiger partial charge on any atom is 0.319 e. The van der Waals surface area contributed by atoms with Crippen LogP contribution in [0.2, 0.25) is 0 Å². The fourth-order valence-corrected chi connectivity index (χ4v) is 4.47. The molecule has 30 heavy (non-hydrogen) atoms. The van der Waals surface area contributed by atoms with E-state index < -0.39 is 0 Å². The fourth-order valence-electron chi connectivity index (χ4n) is 3.83. The molecule has 4 rings (SSSR count). The minimum absolute atomic E-state index is 0.199. The highest BCUT2D eigenvalue weighted by Gasteiger charge is 2.24. The first-order valence-electron chi connectivity index (χ1n) is 10.2. The first-order chi connectivity index (χ1) is 14.7. The Morgan fingerprint density at radius 1 is 1.17 bits per heavy atom. The van der Waals surface area contributed by atoms with Crippen LogP contribution < -0.4 is 10.6 Å². The van der Waals surface area contributed by atoms with E-state index in [0.29, 0.717) is 6.54 Å². The molecule has 0 spiro atoms. The van der Waals surface area contributed by atoms with E-state index in [0.717, 1.165) is 47.8 Å². The molecule has 2 heterocycles. The van der Waals surface area contributed by atoms with Crippen molar-refractivity contribution in [2.24, 2.45) is 0 Å². The molecule has 0 saturated carbocycles. The molecule has 0 unspecified atom stereocenters. The zero-order valence-electron chi connectivity index (χ0n) is 16.8. The van der Waals surface area contributed by atoms with Gasteiger partial charge in [0.25, 0.3) is 0 Å². The second-order valence-electron chi connectivity index (χ2n) is 7.44. The molecule has 1 aliphatic heterocycles. The lowest BCUT2D eigenvalue weighted by Gasteiger charge is -2.24. The van der Waals surface area contributed by atoms with Gasteiger partial charge in [0.1, 0.15) is 5.01 Å². The zero-order chi connectivity index (χ0) is 20.8. The third-order valence-corrected chi connectivity index (χ3v) is 6.29. The Bertz CT molecular complexity index is 960. The number of nitrogens with one attached hydrogen (secondary N) is 2. The largest absolute Gasteiger partial charge is 0.395 e. The van der Waals surface area contributed by atoms with Gasteiger partial charge in [-0.15, -0.1) is 11.3 Å². The Balaban J connectivity index is 1.33. The van der Waals surface area contributed by atoms with Crippen molar-refractivity contribution >= 4 is 23.1 Å². The highest BCUT2D eigenvalue weighted by molar-refractivity contribution is 7.13. The van der Waals surface area contributed by atoms with Gasteiger partial charge in [-0.1, -0.05) is 24.3 Å². The smallest absolute Gasteiger partial charge is 0.319 e. The molecule has 156 valence electrons. The highest BCUT2D eigenvalue weighted by atomic mass is 32.1. The van der Waals surface area contributed by atoms with Crippen LogP contribution in [0.5, 0.6) is 0 Å². The molecule has 1 atom stereocenters. The number of urea groups is 1. The quantitative estimate of drug-likeness (QED) is 0.536. The molecule has 0 radical (unpaired) electrons.